The number of hydrogen-bond acceptors (Lipinski definition) is 4. The van der Waals surface area contributed by atoms with Crippen molar-refractivity contribution >= 4 is 28.6 Å². The maximum Gasteiger partial charge on any atom is 0.293 e. The Balaban J connectivity index is 2.15. The number of carbonyl (C=O) groups is 1. The van der Waals surface area contributed by atoms with E-state index in [1.165, 1.54) is 0 Å². The number of fused-ring (bicyclic) bond motifs is 1. The van der Waals surface area contributed by atoms with E-state index in [1.807, 2.05) is 0 Å². The first kappa shape index (κ1) is 11.9. The van der Waals surface area contributed by atoms with Crippen molar-refractivity contribution in [3.8, 4) is 0 Å². The number of hydrogen-bond donors (Lipinski definition) is 1. The van der Waals surface area contributed by atoms with Crippen LogP contribution in [0, 0.1) is 0 Å². The van der Waals surface area contributed by atoms with Gasteiger partial charge in [0.15, 0.2) is 5.58 Å². The zero-order chi connectivity index (χ0) is 12.3. The topological polar surface area (TPSA) is 64.4 Å². The standard InChI is InChI=1S/C11H11ClN2O3/c1-16-5-4-13-10(15)7-2-3-9-8(6-7)14-11(12)17-9/h2-3,6H,4-5H2,1H3,(H,13,15). The average molecular weight is 255 g/mol. The molecule has 1 aromatic heterocycles. The fraction of sp³-hybridized carbons (Fsp3) is 0.273. The Morgan fingerprint density at radius 3 is 3.18 bits per heavy atom. The maximum atomic E-state index is 11.7. The highest BCUT2D eigenvalue weighted by Gasteiger charge is 2.09. The number of rotatable bonds is 4. The summed E-state index contributed by atoms with van der Waals surface area (Å²) in [4.78, 5) is 15.7. The lowest BCUT2D eigenvalue weighted by Gasteiger charge is -2.03. The Morgan fingerprint density at radius 2 is 2.41 bits per heavy atom. The highest BCUT2D eigenvalue weighted by atomic mass is 35.5. The van der Waals surface area contributed by atoms with E-state index < -0.39 is 0 Å². The number of ether oxygens (including phenoxy) is 1. The fourth-order valence-electron chi connectivity index (χ4n) is 1.41. The summed E-state index contributed by atoms with van der Waals surface area (Å²) in [5, 5.41) is 2.78. The summed E-state index contributed by atoms with van der Waals surface area (Å²) in [5.41, 5.74) is 1.64. The number of halogens is 1. The highest BCUT2D eigenvalue weighted by Crippen LogP contribution is 2.19. The normalized spacial score (nSPS) is 10.7. The fourth-order valence-corrected chi connectivity index (χ4v) is 1.58. The first-order chi connectivity index (χ1) is 8.20. The summed E-state index contributed by atoms with van der Waals surface area (Å²) in [6.07, 6.45) is 0. The van der Waals surface area contributed by atoms with Gasteiger partial charge in [-0.1, -0.05) is 0 Å². The van der Waals surface area contributed by atoms with Crippen LogP contribution in [-0.4, -0.2) is 31.2 Å². The van der Waals surface area contributed by atoms with Crippen LogP contribution in [0.2, 0.25) is 5.35 Å². The smallest absolute Gasteiger partial charge is 0.293 e. The molecule has 0 spiro atoms. The second-order valence-corrected chi connectivity index (χ2v) is 3.72. The average Bonchev–Trinajstić information content (AvgIpc) is 2.68. The lowest BCUT2D eigenvalue weighted by molar-refractivity contribution is 0.0937. The van der Waals surface area contributed by atoms with Crippen LogP contribution < -0.4 is 5.32 Å². The minimum atomic E-state index is -0.178. The molecule has 6 heteroatoms. The summed E-state index contributed by atoms with van der Waals surface area (Å²) >= 11 is 5.62. The van der Waals surface area contributed by atoms with Gasteiger partial charge in [-0.2, -0.15) is 4.98 Å². The van der Waals surface area contributed by atoms with Crippen molar-refractivity contribution < 1.29 is 13.9 Å². The van der Waals surface area contributed by atoms with E-state index in [-0.39, 0.29) is 11.3 Å². The molecule has 0 aliphatic rings. The quantitative estimate of drug-likeness (QED) is 0.846. The first-order valence-electron chi connectivity index (χ1n) is 5.04. The van der Waals surface area contributed by atoms with Gasteiger partial charge in [0.05, 0.1) is 6.61 Å². The van der Waals surface area contributed by atoms with Crippen molar-refractivity contribution in [3.63, 3.8) is 0 Å². The van der Waals surface area contributed by atoms with Crippen molar-refractivity contribution in [2.75, 3.05) is 20.3 Å². The lowest BCUT2D eigenvalue weighted by atomic mass is 10.2. The minimum Gasteiger partial charge on any atom is -0.428 e. The SMILES string of the molecule is COCCNC(=O)c1ccc2oc(Cl)nc2c1. The Kier molecular flexibility index (Phi) is 3.61. The third kappa shape index (κ3) is 2.75. The first-order valence-corrected chi connectivity index (χ1v) is 5.42. The predicted octanol–water partition coefficient (Wildman–Crippen LogP) is 1.86. The van der Waals surface area contributed by atoms with E-state index in [9.17, 15) is 4.79 Å². The van der Waals surface area contributed by atoms with Gasteiger partial charge in [-0.05, 0) is 29.8 Å². The third-order valence-corrected chi connectivity index (χ3v) is 2.38. The molecule has 1 heterocycles. The molecule has 0 radical (unpaired) electrons. The molecule has 2 aromatic rings. The molecule has 0 atom stereocenters. The summed E-state index contributed by atoms with van der Waals surface area (Å²) in [7, 11) is 1.58. The number of benzene rings is 1. The van der Waals surface area contributed by atoms with E-state index in [4.69, 9.17) is 20.8 Å². The monoisotopic (exact) mass is 254 g/mol. The van der Waals surface area contributed by atoms with Crippen LogP contribution in [-0.2, 0) is 4.74 Å². The van der Waals surface area contributed by atoms with E-state index in [2.05, 4.69) is 10.3 Å². The molecular weight excluding hydrogens is 244 g/mol. The summed E-state index contributed by atoms with van der Waals surface area (Å²) in [6, 6.07) is 4.96. The molecule has 1 aromatic carbocycles. The van der Waals surface area contributed by atoms with Gasteiger partial charge in [-0.15, -0.1) is 0 Å². The van der Waals surface area contributed by atoms with E-state index in [1.54, 1.807) is 25.3 Å². The highest BCUT2D eigenvalue weighted by molar-refractivity contribution is 6.28. The molecule has 90 valence electrons. The third-order valence-electron chi connectivity index (χ3n) is 2.22. The molecule has 0 fully saturated rings. The molecule has 1 N–H and O–H groups in total. The van der Waals surface area contributed by atoms with Crippen LogP contribution in [0.5, 0.6) is 0 Å². The summed E-state index contributed by atoms with van der Waals surface area (Å²) < 4.78 is 9.95. The number of methoxy groups -OCH3 is 1. The summed E-state index contributed by atoms with van der Waals surface area (Å²) in [6.45, 7) is 0.941. The molecule has 0 bridgehead atoms. The number of nitrogens with zero attached hydrogens (tertiary/aromatic N) is 1. The molecular formula is C11H11ClN2O3. The number of amides is 1. The van der Waals surface area contributed by atoms with Gasteiger partial charge in [0.2, 0.25) is 0 Å². The van der Waals surface area contributed by atoms with Gasteiger partial charge in [0.1, 0.15) is 5.52 Å². The molecule has 0 aliphatic heterocycles. The Morgan fingerprint density at radius 1 is 1.59 bits per heavy atom. The molecule has 5 nitrogen and oxygen atoms in total. The van der Waals surface area contributed by atoms with E-state index in [0.717, 1.165) is 0 Å². The maximum absolute atomic E-state index is 11.7. The predicted molar refractivity (Wildman–Crippen MR) is 63.2 cm³/mol. The number of nitrogens with one attached hydrogen (secondary N) is 1. The van der Waals surface area contributed by atoms with Crippen LogP contribution in [0.25, 0.3) is 11.1 Å². The Labute approximate surface area is 103 Å². The zero-order valence-electron chi connectivity index (χ0n) is 9.20. The van der Waals surface area contributed by atoms with Crippen molar-refractivity contribution in [1.29, 1.82) is 0 Å². The van der Waals surface area contributed by atoms with Gasteiger partial charge in [0, 0.05) is 19.2 Å². The van der Waals surface area contributed by atoms with Crippen molar-refractivity contribution in [2.45, 2.75) is 0 Å². The molecule has 0 saturated heterocycles. The molecule has 0 unspecified atom stereocenters. The molecule has 17 heavy (non-hydrogen) atoms. The molecule has 2 rings (SSSR count). The van der Waals surface area contributed by atoms with Gasteiger partial charge in [-0.25, -0.2) is 0 Å². The Bertz CT molecular complexity index is 538. The van der Waals surface area contributed by atoms with Crippen molar-refractivity contribution in [2.24, 2.45) is 0 Å². The minimum absolute atomic E-state index is 0.0666. The Hall–Kier alpha value is -1.59. The van der Waals surface area contributed by atoms with Crippen LogP contribution in [0.1, 0.15) is 10.4 Å². The van der Waals surface area contributed by atoms with E-state index >= 15 is 0 Å². The van der Waals surface area contributed by atoms with Gasteiger partial charge >= 0.3 is 0 Å². The van der Waals surface area contributed by atoms with Gasteiger partial charge in [-0.3, -0.25) is 4.79 Å². The zero-order valence-corrected chi connectivity index (χ0v) is 9.95. The van der Waals surface area contributed by atoms with Crippen LogP contribution in [0.15, 0.2) is 22.6 Å². The molecule has 1 amide bonds. The molecule has 0 saturated carbocycles. The largest absolute Gasteiger partial charge is 0.428 e. The van der Waals surface area contributed by atoms with Crippen LogP contribution in [0.4, 0.5) is 0 Å². The van der Waals surface area contributed by atoms with Crippen molar-refractivity contribution in [3.05, 3.63) is 29.1 Å². The number of oxazole rings is 1. The van der Waals surface area contributed by atoms with E-state index in [0.29, 0.717) is 29.8 Å². The number of aromatic nitrogens is 1. The van der Waals surface area contributed by atoms with Crippen LogP contribution in [0.3, 0.4) is 0 Å². The lowest BCUT2D eigenvalue weighted by Crippen LogP contribution is -2.26. The second-order valence-electron chi connectivity index (χ2n) is 3.40. The van der Waals surface area contributed by atoms with Crippen LogP contribution >= 0.6 is 11.6 Å². The molecule has 0 aliphatic carbocycles. The second kappa shape index (κ2) is 5.16. The summed E-state index contributed by atoms with van der Waals surface area (Å²) in [5.74, 6) is -0.178. The van der Waals surface area contributed by atoms with Gasteiger partial charge in [0.25, 0.3) is 11.3 Å². The van der Waals surface area contributed by atoms with Gasteiger partial charge < -0.3 is 14.5 Å². The van der Waals surface area contributed by atoms with Crippen molar-refractivity contribution in [1.82, 2.24) is 10.3 Å². The number of carbonyl (C=O) groups excluding carboxylic acids is 1.